The molecule has 0 aliphatic carbocycles. The van der Waals surface area contributed by atoms with Crippen LogP contribution in [-0.2, 0) is 0 Å². The lowest BCUT2D eigenvalue weighted by Gasteiger charge is -2.10. The van der Waals surface area contributed by atoms with Crippen molar-refractivity contribution in [1.29, 1.82) is 0 Å². The van der Waals surface area contributed by atoms with E-state index in [0.29, 0.717) is 17.0 Å². The Morgan fingerprint density at radius 2 is 2.10 bits per heavy atom. The number of hydrogen-bond acceptors (Lipinski definition) is 4. The van der Waals surface area contributed by atoms with Gasteiger partial charge < -0.3 is 15.4 Å². The van der Waals surface area contributed by atoms with Gasteiger partial charge in [-0.15, -0.1) is 0 Å². The molecule has 0 aliphatic rings. The number of carbonyl (C=O) groups is 1. The Bertz CT molecular complexity index is 632. The van der Waals surface area contributed by atoms with Crippen molar-refractivity contribution >= 4 is 17.3 Å². The first kappa shape index (κ1) is 13.8. The zero-order valence-corrected chi connectivity index (χ0v) is 11.1. The molecule has 0 radical (unpaired) electrons. The van der Waals surface area contributed by atoms with Gasteiger partial charge in [-0.1, -0.05) is 0 Å². The number of ether oxygens (including phenoxy) is 1. The number of nitrogens with zero attached hydrogens (tertiary/aromatic N) is 1. The molecule has 0 saturated carbocycles. The molecule has 0 unspecified atom stereocenters. The predicted molar refractivity (Wildman–Crippen MR) is 74.7 cm³/mol. The maximum absolute atomic E-state index is 13.7. The molecule has 2 aromatic rings. The fourth-order valence-corrected chi connectivity index (χ4v) is 1.71. The van der Waals surface area contributed by atoms with Crippen LogP contribution in [0.2, 0.25) is 0 Å². The van der Waals surface area contributed by atoms with Crippen LogP contribution in [0, 0.1) is 5.82 Å². The van der Waals surface area contributed by atoms with E-state index in [4.69, 9.17) is 4.74 Å². The van der Waals surface area contributed by atoms with Crippen molar-refractivity contribution in [1.82, 2.24) is 4.98 Å². The average molecular weight is 275 g/mol. The maximum Gasteiger partial charge on any atom is 0.257 e. The predicted octanol–water partition coefficient (Wildman–Crippen LogP) is 2.52. The Labute approximate surface area is 115 Å². The summed E-state index contributed by atoms with van der Waals surface area (Å²) in [6.45, 7) is 0. The number of rotatable bonds is 4. The van der Waals surface area contributed by atoms with E-state index in [1.54, 1.807) is 13.1 Å². The standard InChI is InChI=1S/C14H14FN3O2/c1-16-13-8-17-6-5-10(13)14(19)18-12-7-9(20-2)3-4-11(12)15/h3-8,16H,1-2H3,(H,18,19). The summed E-state index contributed by atoms with van der Waals surface area (Å²) in [5.41, 5.74) is 1.01. The molecule has 1 heterocycles. The molecule has 0 aliphatic heterocycles. The average Bonchev–Trinajstić information content (AvgIpc) is 2.49. The molecular weight excluding hydrogens is 261 g/mol. The van der Waals surface area contributed by atoms with Crippen LogP contribution in [0.3, 0.4) is 0 Å². The normalized spacial score (nSPS) is 9.95. The minimum Gasteiger partial charge on any atom is -0.497 e. The summed E-state index contributed by atoms with van der Waals surface area (Å²) in [6.07, 6.45) is 3.02. The first-order chi connectivity index (χ1) is 9.65. The van der Waals surface area contributed by atoms with E-state index in [0.717, 1.165) is 0 Å². The quantitative estimate of drug-likeness (QED) is 0.900. The minimum atomic E-state index is -0.529. The van der Waals surface area contributed by atoms with Gasteiger partial charge in [-0.25, -0.2) is 4.39 Å². The second kappa shape index (κ2) is 6.01. The molecule has 1 aromatic carbocycles. The van der Waals surface area contributed by atoms with Gasteiger partial charge in [0.1, 0.15) is 11.6 Å². The van der Waals surface area contributed by atoms with Gasteiger partial charge in [0.2, 0.25) is 0 Å². The number of carbonyl (C=O) groups excluding carboxylic acids is 1. The highest BCUT2D eigenvalue weighted by Crippen LogP contribution is 2.22. The number of nitrogens with one attached hydrogen (secondary N) is 2. The van der Waals surface area contributed by atoms with Crippen molar-refractivity contribution < 1.29 is 13.9 Å². The van der Waals surface area contributed by atoms with E-state index in [1.807, 2.05) is 0 Å². The second-order valence-corrected chi connectivity index (χ2v) is 3.97. The molecule has 0 fully saturated rings. The molecular formula is C14H14FN3O2. The van der Waals surface area contributed by atoms with Gasteiger partial charge >= 0.3 is 0 Å². The number of halogens is 1. The lowest BCUT2D eigenvalue weighted by atomic mass is 10.2. The third-order valence-electron chi connectivity index (χ3n) is 2.76. The van der Waals surface area contributed by atoms with Gasteiger partial charge in [-0.2, -0.15) is 0 Å². The SMILES string of the molecule is CNc1cnccc1C(=O)Nc1cc(OC)ccc1F. The summed E-state index contributed by atoms with van der Waals surface area (Å²) < 4.78 is 18.7. The Morgan fingerprint density at radius 3 is 2.80 bits per heavy atom. The number of aromatic nitrogens is 1. The number of hydrogen-bond donors (Lipinski definition) is 2. The summed E-state index contributed by atoms with van der Waals surface area (Å²) in [4.78, 5) is 16.1. The van der Waals surface area contributed by atoms with Crippen molar-refractivity contribution in [3.63, 3.8) is 0 Å². The van der Waals surface area contributed by atoms with Crippen molar-refractivity contribution in [2.75, 3.05) is 24.8 Å². The summed E-state index contributed by atoms with van der Waals surface area (Å²) in [5.74, 6) is -0.492. The molecule has 0 atom stereocenters. The fraction of sp³-hybridized carbons (Fsp3) is 0.143. The third-order valence-corrected chi connectivity index (χ3v) is 2.76. The molecule has 0 spiro atoms. The smallest absolute Gasteiger partial charge is 0.257 e. The van der Waals surface area contributed by atoms with Crippen molar-refractivity contribution in [3.8, 4) is 5.75 Å². The van der Waals surface area contributed by atoms with Crippen LogP contribution in [0.15, 0.2) is 36.7 Å². The summed E-state index contributed by atoms with van der Waals surface area (Å²) >= 11 is 0. The fourth-order valence-electron chi connectivity index (χ4n) is 1.71. The van der Waals surface area contributed by atoms with Gasteiger partial charge in [0, 0.05) is 19.3 Å². The van der Waals surface area contributed by atoms with E-state index in [9.17, 15) is 9.18 Å². The Hall–Kier alpha value is -2.63. The Balaban J connectivity index is 2.27. The molecule has 0 bridgehead atoms. The summed E-state index contributed by atoms with van der Waals surface area (Å²) in [6, 6.07) is 5.70. The third kappa shape index (κ3) is 2.85. The molecule has 2 N–H and O–H groups in total. The van der Waals surface area contributed by atoms with E-state index < -0.39 is 11.7 Å². The lowest BCUT2D eigenvalue weighted by molar-refractivity contribution is 0.102. The highest BCUT2D eigenvalue weighted by atomic mass is 19.1. The van der Waals surface area contributed by atoms with Gasteiger partial charge in [0.25, 0.3) is 5.91 Å². The molecule has 1 amide bonds. The molecule has 5 nitrogen and oxygen atoms in total. The molecule has 0 saturated heterocycles. The summed E-state index contributed by atoms with van der Waals surface area (Å²) in [5, 5.41) is 5.37. The molecule has 6 heteroatoms. The van der Waals surface area contributed by atoms with Gasteiger partial charge in [0.05, 0.1) is 30.2 Å². The first-order valence-corrected chi connectivity index (χ1v) is 5.92. The zero-order valence-electron chi connectivity index (χ0n) is 11.1. The second-order valence-electron chi connectivity index (χ2n) is 3.97. The molecule has 104 valence electrons. The van der Waals surface area contributed by atoms with Crippen LogP contribution in [0.25, 0.3) is 0 Å². The van der Waals surface area contributed by atoms with Gasteiger partial charge in [-0.3, -0.25) is 9.78 Å². The minimum absolute atomic E-state index is 0.0632. The highest BCUT2D eigenvalue weighted by Gasteiger charge is 2.13. The van der Waals surface area contributed by atoms with E-state index in [1.165, 1.54) is 37.7 Å². The number of benzene rings is 1. The number of pyridine rings is 1. The molecule has 1 aromatic heterocycles. The van der Waals surface area contributed by atoms with Crippen LogP contribution in [-0.4, -0.2) is 25.0 Å². The van der Waals surface area contributed by atoms with Crippen molar-refractivity contribution in [2.45, 2.75) is 0 Å². The lowest BCUT2D eigenvalue weighted by Crippen LogP contribution is -2.15. The van der Waals surface area contributed by atoms with Crippen LogP contribution < -0.4 is 15.4 Å². The number of anilines is 2. The monoisotopic (exact) mass is 275 g/mol. The van der Waals surface area contributed by atoms with Crippen LogP contribution in [0.4, 0.5) is 15.8 Å². The topological polar surface area (TPSA) is 63.2 Å². The highest BCUT2D eigenvalue weighted by molar-refractivity contribution is 6.08. The molecule has 2 rings (SSSR count). The van der Waals surface area contributed by atoms with Gasteiger partial charge in [0.15, 0.2) is 0 Å². The Kier molecular flexibility index (Phi) is 4.14. The Morgan fingerprint density at radius 1 is 1.30 bits per heavy atom. The van der Waals surface area contributed by atoms with Crippen LogP contribution in [0.1, 0.15) is 10.4 Å². The number of methoxy groups -OCH3 is 1. The van der Waals surface area contributed by atoms with Crippen molar-refractivity contribution in [3.05, 3.63) is 48.0 Å². The van der Waals surface area contributed by atoms with E-state index in [2.05, 4.69) is 15.6 Å². The van der Waals surface area contributed by atoms with E-state index >= 15 is 0 Å². The van der Waals surface area contributed by atoms with Crippen LogP contribution in [0.5, 0.6) is 5.75 Å². The van der Waals surface area contributed by atoms with Crippen LogP contribution >= 0.6 is 0 Å². The maximum atomic E-state index is 13.7. The first-order valence-electron chi connectivity index (χ1n) is 5.92. The van der Waals surface area contributed by atoms with E-state index in [-0.39, 0.29) is 5.69 Å². The zero-order chi connectivity index (χ0) is 14.5. The number of amides is 1. The summed E-state index contributed by atoms with van der Waals surface area (Å²) in [7, 11) is 3.15. The largest absolute Gasteiger partial charge is 0.497 e. The van der Waals surface area contributed by atoms with Crippen molar-refractivity contribution in [2.24, 2.45) is 0 Å². The van der Waals surface area contributed by atoms with Gasteiger partial charge in [-0.05, 0) is 18.2 Å². The molecule has 20 heavy (non-hydrogen) atoms.